The van der Waals surface area contributed by atoms with Crippen molar-refractivity contribution in [3.8, 4) is 0 Å². The first-order valence-corrected chi connectivity index (χ1v) is 11.6. The minimum Gasteiger partial charge on any atom is -0.378 e. The van der Waals surface area contributed by atoms with Crippen molar-refractivity contribution in [1.82, 2.24) is 0 Å². The van der Waals surface area contributed by atoms with Crippen LogP contribution in [0.2, 0.25) is 0 Å². The Morgan fingerprint density at radius 3 is 2.32 bits per heavy atom. The Balaban J connectivity index is 1.37. The number of alkyl halides is 3. The summed E-state index contributed by atoms with van der Waals surface area (Å²) in [5.74, 6) is -1.29. The maximum atomic E-state index is 14.5. The van der Waals surface area contributed by atoms with E-state index in [1.807, 2.05) is 6.07 Å². The normalized spacial score (nSPS) is 28.0. The van der Waals surface area contributed by atoms with Crippen LogP contribution in [0, 0.1) is 17.7 Å². The number of allylic oxidation sites excluding steroid dienone is 2. The number of hydrogen-bond donors (Lipinski definition) is 0. The van der Waals surface area contributed by atoms with Crippen LogP contribution in [0.15, 0.2) is 30.1 Å². The fourth-order valence-electron chi connectivity index (χ4n) is 4.85. The third kappa shape index (κ3) is 7.30. The second-order valence-electron chi connectivity index (χ2n) is 9.33. The first-order valence-electron chi connectivity index (χ1n) is 11.6. The van der Waals surface area contributed by atoms with Crippen LogP contribution in [0.1, 0.15) is 81.8 Å². The maximum absolute atomic E-state index is 14.5. The Morgan fingerprint density at radius 1 is 1.03 bits per heavy atom. The highest BCUT2D eigenvalue weighted by atomic mass is 19.4. The second-order valence-corrected chi connectivity index (χ2v) is 9.33. The first kappa shape index (κ1) is 24.2. The fraction of sp³-hybridized carbons (Fsp3) is 0.680. The molecule has 2 fully saturated rings. The molecule has 0 unspecified atom stereocenters. The van der Waals surface area contributed by atoms with Crippen molar-refractivity contribution in [2.45, 2.75) is 89.3 Å². The van der Waals surface area contributed by atoms with Gasteiger partial charge in [0.2, 0.25) is 0 Å². The van der Waals surface area contributed by atoms with Gasteiger partial charge in [0.15, 0.2) is 5.83 Å². The first-order chi connectivity index (χ1) is 14.7. The average molecular weight is 445 g/mol. The smallest absolute Gasteiger partial charge is 0.378 e. The van der Waals surface area contributed by atoms with E-state index >= 15 is 0 Å². The Labute approximate surface area is 182 Å². The Bertz CT molecular complexity index is 726. The van der Waals surface area contributed by atoms with E-state index in [1.165, 1.54) is 12.8 Å². The van der Waals surface area contributed by atoms with Gasteiger partial charge in [-0.25, -0.2) is 8.78 Å². The van der Waals surface area contributed by atoms with Crippen molar-refractivity contribution in [1.29, 1.82) is 0 Å². The molecule has 0 N–H and O–H groups in total. The van der Waals surface area contributed by atoms with Crippen LogP contribution in [0.3, 0.4) is 0 Å². The van der Waals surface area contributed by atoms with Gasteiger partial charge in [0, 0.05) is 6.61 Å². The van der Waals surface area contributed by atoms with E-state index in [-0.39, 0.29) is 17.8 Å². The molecule has 1 aromatic rings. The number of hydrogen-bond acceptors (Lipinski definition) is 1. The van der Waals surface area contributed by atoms with Crippen molar-refractivity contribution in [2.24, 2.45) is 11.8 Å². The molecule has 0 radical (unpaired) electrons. The molecule has 2 aliphatic carbocycles. The van der Waals surface area contributed by atoms with Gasteiger partial charge in [0.25, 0.3) is 0 Å². The SMILES string of the molecule is CC1CCC(c2ccc(CCCOC3CCC(C=C(F)C(F)(F)F)CC3)c(F)c2)CC1. The summed E-state index contributed by atoms with van der Waals surface area (Å²) < 4.78 is 70.3. The van der Waals surface area contributed by atoms with Gasteiger partial charge in [-0.1, -0.05) is 31.9 Å². The van der Waals surface area contributed by atoms with E-state index in [1.54, 1.807) is 6.07 Å². The van der Waals surface area contributed by atoms with Crippen molar-refractivity contribution in [3.63, 3.8) is 0 Å². The lowest BCUT2D eigenvalue weighted by Gasteiger charge is -2.27. The topological polar surface area (TPSA) is 9.23 Å². The highest BCUT2D eigenvalue weighted by Gasteiger charge is 2.35. The molecular formula is C25H33F5O. The van der Waals surface area contributed by atoms with Gasteiger partial charge in [-0.2, -0.15) is 13.2 Å². The van der Waals surface area contributed by atoms with Crippen molar-refractivity contribution in [3.05, 3.63) is 47.0 Å². The number of rotatable bonds is 7. The van der Waals surface area contributed by atoms with Gasteiger partial charge < -0.3 is 4.74 Å². The zero-order valence-electron chi connectivity index (χ0n) is 18.2. The van der Waals surface area contributed by atoms with Gasteiger partial charge in [-0.3, -0.25) is 0 Å². The Morgan fingerprint density at radius 2 is 1.71 bits per heavy atom. The molecule has 2 saturated carbocycles. The third-order valence-corrected chi connectivity index (χ3v) is 6.88. The molecule has 0 saturated heterocycles. The summed E-state index contributed by atoms with van der Waals surface area (Å²) in [4.78, 5) is 0. The molecule has 0 aromatic heterocycles. The Kier molecular flexibility index (Phi) is 8.54. The number of halogens is 5. The molecule has 2 aliphatic rings. The molecule has 0 heterocycles. The van der Waals surface area contributed by atoms with E-state index in [2.05, 4.69) is 13.0 Å². The summed E-state index contributed by atoms with van der Waals surface area (Å²) in [5.41, 5.74) is 1.81. The molecule has 0 amide bonds. The van der Waals surface area contributed by atoms with Crippen LogP contribution < -0.4 is 0 Å². The summed E-state index contributed by atoms with van der Waals surface area (Å²) in [6.07, 6.45) is 4.00. The lowest BCUT2D eigenvalue weighted by atomic mass is 9.79. The number of benzene rings is 1. The summed E-state index contributed by atoms with van der Waals surface area (Å²) in [6.45, 7) is 2.77. The molecule has 6 heteroatoms. The summed E-state index contributed by atoms with van der Waals surface area (Å²) in [7, 11) is 0. The van der Waals surface area contributed by atoms with E-state index in [9.17, 15) is 22.0 Å². The van der Waals surface area contributed by atoms with Crippen LogP contribution in [-0.4, -0.2) is 18.9 Å². The highest BCUT2D eigenvalue weighted by molar-refractivity contribution is 5.27. The maximum Gasteiger partial charge on any atom is 0.442 e. The molecular weight excluding hydrogens is 411 g/mol. The second kappa shape index (κ2) is 10.9. The molecule has 0 aliphatic heterocycles. The molecule has 0 bridgehead atoms. The molecule has 0 spiro atoms. The quantitative estimate of drug-likeness (QED) is 0.305. The van der Waals surface area contributed by atoms with E-state index in [0.29, 0.717) is 62.7 Å². The van der Waals surface area contributed by atoms with E-state index in [4.69, 9.17) is 4.74 Å². The summed E-state index contributed by atoms with van der Waals surface area (Å²) >= 11 is 0. The van der Waals surface area contributed by atoms with Crippen molar-refractivity contribution < 1.29 is 26.7 Å². The fourth-order valence-corrected chi connectivity index (χ4v) is 4.85. The predicted molar refractivity (Wildman–Crippen MR) is 112 cm³/mol. The zero-order valence-corrected chi connectivity index (χ0v) is 18.2. The van der Waals surface area contributed by atoms with Crippen molar-refractivity contribution >= 4 is 0 Å². The van der Waals surface area contributed by atoms with Crippen LogP contribution >= 0.6 is 0 Å². The highest BCUT2D eigenvalue weighted by Crippen LogP contribution is 2.36. The minimum absolute atomic E-state index is 0.0143. The standard InChI is InChI=1S/C25H33F5O/c1-17-4-8-19(9-5-17)21-11-10-20(23(26)16-21)3-2-14-31-22-12-6-18(7-13-22)15-24(27)25(28,29)30/h10-11,15-19,22H,2-9,12-14H2,1H3. The van der Waals surface area contributed by atoms with Gasteiger partial charge in [0.1, 0.15) is 5.82 Å². The Hall–Kier alpha value is -1.43. The zero-order chi connectivity index (χ0) is 22.4. The number of aryl methyl sites for hydroxylation is 1. The van der Waals surface area contributed by atoms with Gasteiger partial charge in [-0.05, 0) is 92.4 Å². The molecule has 174 valence electrons. The van der Waals surface area contributed by atoms with Gasteiger partial charge in [0.05, 0.1) is 6.10 Å². The molecule has 0 atom stereocenters. The monoisotopic (exact) mass is 444 g/mol. The van der Waals surface area contributed by atoms with Crippen LogP contribution in [0.5, 0.6) is 0 Å². The minimum atomic E-state index is -4.89. The lowest BCUT2D eigenvalue weighted by Crippen LogP contribution is -2.22. The molecule has 1 aromatic carbocycles. The van der Waals surface area contributed by atoms with E-state index < -0.39 is 12.0 Å². The summed E-state index contributed by atoms with van der Waals surface area (Å²) in [6, 6.07) is 5.66. The van der Waals surface area contributed by atoms with E-state index in [0.717, 1.165) is 24.3 Å². The third-order valence-electron chi connectivity index (χ3n) is 6.88. The van der Waals surface area contributed by atoms with Crippen molar-refractivity contribution in [2.75, 3.05) is 6.61 Å². The molecule has 31 heavy (non-hydrogen) atoms. The van der Waals surface area contributed by atoms with Crippen LogP contribution in [0.25, 0.3) is 0 Å². The molecule has 1 nitrogen and oxygen atoms in total. The van der Waals surface area contributed by atoms with Crippen LogP contribution in [0.4, 0.5) is 22.0 Å². The number of ether oxygens (including phenoxy) is 1. The predicted octanol–water partition coefficient (Wildman–Crippen LogP) is 8.04. The van der Waals surface area contributed by atoms with Crippen LogP contribution in [-0.2, 0) is 11.2 Å². The molecule has 3 rings (SSSR count). The average Bonchev–Trinajstić information content (AvgIpc) is 2.73. The van der Waals surface area contributed by atoms with Gasteiger partial charge >= 0.3 is 6.18 Å². The van der Waals surface area contributed by atoms with Gasteiger partial charge in [-0.15, -0.1) is 0 Å². The lowest BCUT2D eigenvalue weighted by molar-refractivity contribution is -0.109. The summed E-state index contributed by atoms with van der Waals surface area (Å²) in [5, 5.41) is 0. The largest absolute Gasteiger partial charge is 0.442 e.